The van der Waals surface area contributed by atoms with E-state index in [0.29, 0.717) is 17.3 Å². The van der Waals surface area contributed by atoms with Crippen molar-refractivity contribution >= 4 is 28.1 Å². The third kappa shape index (κ3) is 3.60. The van der Waals surface area contributed by atoms with Crippen LogP contribution in [0.5, 0.6) is 0 Å². The number of pyridine rings is 1. The van der Waals surface area contributed by atoms with Gasteiger partial charge in [-0.15, -0.1) is 11.3 Å². The highest BCUT2D eigenvalue weighted by atomic mass is 32.1. The van der Waals surface area contributed by atoms with Gasteiger partial charge in [-0.2, -0.15) is 0 Å². The van der Waals surface area contributed by atoms with E-state index < -0.39 is 17.8 Å². The lowest BCUT2D eigenvalue weighted by Crippen LogP contribution is -2.34. The van der Waals surface area contributed by atoms with Gasteiger partial charge in [-0.3, -0.25) is 9.78 Å². The second kappa shape index (κ2) is 7.07. The SMILES string of the molecule is CC(CC(O)c1cccs1)NC(=O)c1cc(F)cc2cccnc12. The fourth-order valence-electron chi connectivity index (χ4n) is 2.62. The van der Waals surface area contributed by atoms with Gasteiger partial charge in [0.15, 0.2) is 0 Å². The van der Waals surface area contributed by atoms with Gasteiger partial charge in [0.2, 0.25) is 0 Å². The minimum atomic E-state index is -0.636. The fourth-order valence-corrected chi connectivity index (χ4v) is 3.35. The maximum Gasteiger partial charge on any atom is 0.253 e. The number of aromatic nitrogens is 1. The molecule has 0 radical (unpaired) electrons. The number of halogens is 1. The van der Waals surface area contributed by atoms with E-state index in [1.807, 2.05) is 24.4 Å². The first-order valence-electron chi connectivity index (χ1n) is 7.61. The van der Waals surface area contributed by atoms with Crippen molar-refractivity contribution < 1.29 is 14.3 Å². The van der Waals surface area contributed by atoms with E-state index in [9.17, 15) is 14.3 Å². The Morgan fingerprint density at radius 3 is 2.96 bits per heavy atom. The number of carbonyl (C=O) groups is 1. The Labute approximate surface area is 143 Å². The van der Waals surface area contributed by atoms with Crippen LogP contribution in [0.3, 0.4) is 0 Å². The average molecular weight is 344 g/mol. The lowest BCUT2D eigenvalue weighted by atomic mass is 10.1. The van der Waals surface area contributed by atoms with Crippen LogP contribution in [0.15, 0.2) is 48.0 Å². The van der Waals surface area contributed by atoms with Crippen molar-refractivity contribution in [1.82, 2.24) is 10.3 Å². The molecule has 1 amide bonds. The number of hydrogen-bond donors (Lipinski definition) is 2. The molecule has 0 saturated carbocycles. The number of aliphatic hydroxyl groups excluding tert-OH is 1. The number of hydrogen-bond acceptors (Lipinski definition) is 4. The topological polar surface area (TPSA) is 62.2 Å². The van der Waals surface area contributed by atoms with Crippen molar-refractivity contribution in [3.8, 4) is 0 Å². The molecule has 3 rings (SSSR count). The van der Waals surface area contributed by atoms with Gasteiger partial charge in [-0.05, 0) is 43.0 Å². The highest BCUT2D eigenvalue weighted by Gasteiger charge is 2.18. The minimum Gasteiger partial charge on any atom is -0.387 e. The first kappa shape index (κ1) is 16.5. The largest absolute Gasteiger partial charge is 0.387 e. The molecule has 2 N–H and O–H groups in total. The molecule has 0 saturated heterocycles. The Morgan fingerprint density at radius 1 is 1.38 bits per heavy atom. The van der Waals surface area contributed by atoms with Gasteiger partial charge < -0.3 is 10.4 Å². The number of carbonyl (C=O) groups excluding carboxylic acids is 1. The second-order valence-electron chi connectivity index (χ2n) is 5.67. The molecule has 2 unspecified atom stereocenters. The quantitative estimate of drug-likeness (QED) is 0.742. The molecule has 4 nitrogen and oxygen atoms in total. The fraction of sp³-hybridized carbons (Fsp3) is 0.222. The van der Waals surface area contributed by atoms with Crippen LogP contribution in [0.4, 0.5) is 4.39 Å². The molecule has 6 heteroatoms. The van der Waals surface area contributed by atoms with E-state index in [1.54, 1.807) is 18.3 Å². The lowest BCUT2D eigenvalue weighted by molar-refractivity contribution is 0.0919. The smallest absolute Gasteiger partial charge is 0.253 e. The second-order valence-corrected chi connectivity index (χ2v) is 6.65. The normalized spacial score (nSPS) is 13.6. The Morgan fingerprint density at radius 2 is 2.21 bits per heavy atom. The highest BCUT2D eigenvalue weighted by molar-refractivity contribution is 7.10. The van der Waals surface area contributed by atoms with Crippen LogP contribution in [0.1, 0.15) is 34.7 Å². The van der Waals surface area contributed by atoms with E-state index in [1.165, 1.54) is 23.5 Å². The van der Waals surface area contributed by atoms with Crippen molar-refractivity contribution in [2.24, 2.45) is 0 Å². The zero-order valence-corrected chi connectivity index (χ0v) is 13.9. The standard InChI is InChI=1S/C18H17FN2O2S/c1-11(8-15(22)16-5-3-7-24-16)21-18(23)14-10-13(19)9-12-4-2-6-20-17(12)14/h2-7,9-11,15,22H,8H2,1H3,(H,21,23). The van der Waals surface area contributed by atoms with Crippen LogP contribution < -0.4 is 5.32 Å². The lowest BCUT2D eigenvalue weighted by Gasteiger charge is -2.17. The number of rotatable bonds is 5. The zero-order chi connectivity index (χ0) is 17.1. The van der Waals surface area contributed by atoms with E-state index in [0.717, 1.165) is 4.88 Å². The number of benzene rings is 1. The molecule has 0 spiro atoms. The summed E-state index contributed by atoms with van der Waals surface area (Å²) in [6, 6.07) is 9.41. The van der Waals surface area contributed by atoms with E-state index in [-0.39, 0.29) is 11.6 Å². The number of fused-ring (bicyclic) bond motifs is 1. The summed E-state index contributed by atoms with van der Waals surface area (Å²) in [6.45, 7) is 1.81. The van der Waals surface area contributed by atoms with Crippen LogP contribution in [0, 0.1) is 5.82 Å². The van der Waals surface area contributed by atoms with Crippen LogP contribution >= 0.6 is 11.3 Å². The average Bonchev–Trinajstić information content (AvgIpc) is 3.08. The van der Waals surface area contributed by atoms with Gasteiger partial charge in [0.1, 0.15) is 5.82 Å². The molecule has 2 aromatic heterocycles. The Bertz CT molecular complexity index is 851. The summed E-state index contributed by atoms with van der Waals surface area (Å²) >= 11 is 1.47. The number of thiophene rings is 1. The summed E-state index contributed by atoms with van der Waals surface area (Å²) in [7, 11) is 0. The molecule has 2 heterocycles. The Kier molecular flexibility index (Phi) is 4.87. The molecule has 0 aliphatic heterocycles. The maximum absolute atomic E-state index is 13.7. The van der Waals surface area contributed by atoms with Gasteiger partial charge in [-0.25, -0.2) is 4.39 Å². The number of aliphatic hydroxyl groups is 1. The number of nitrogens with zero attached hydrogens (tertiary/aromatic N) is 1. The summed E-state index contributed by atoms with van der Waals surface area (Å²) in [5.41, 5.74) is 0.658. The third-order valence-electron chi connectivity index (χ3n) is 3.74. The summed E-state index contributed by atoms with van der Waals surface area (Å²) in [5, 5.41) is 15.4. The predicted octanol–water partition coefficient (Wildman–Crippen LogP) is 3.68. The van der Waals surface area contributed by atoms with E-state index in [4.69, 9.17) is 0 Å². The number of amides is 1. The van der Waals surface area contributed by atoms with Crippen molar-refractivity contribution in [3.63, 3.8) is 0 Å². The molecule has 124 valence electrons. The van der Waals surface area contributed by atoms with Crippen molar-refractivity contribution in [2.45, 2.75) is 25.5 Å². The van der Waals surface area contributed by atoms with Crippen molar-refractivity contribution in [2.75, 3.05) is 0 Å². The van der Waals surface area contributed by atoms with Crippen LogP contribution in [0.25, 0.3) is 10.9 Å². The molecule has 0 bridgehead atoms. The molecule has 0 fully saturated rings. The van der Waals surface area contributed by atoms with Gasteiger partial charge in [0, 0.05) is 22.5 Å². The molecule has 2 atom stereocenters. The zero-order valence-electron chi connectivity index (χ0n) is 13.1. The Balaban J connectivity index is 1.75. The van der Waals surface area contributed by atoms with Crippen molar-refractivity contribution in [1.29, 1.82) is 0 Å². The predicted molar refractivity (Wildman–Crippen MR) is 92.5 cm³/mol. The maximum atomic E-state index is 13.7. The molecular weight excluding hydrogens is 327 g/mol. The van der Waals surface area contributed by atoms with Crippen LogP contribution in [-0.2, 0) is 0 Å². The summed E-state index contributed by atoms with van der Waals surface area (Å²) in [6.07, 6.45) is 1.32. The third-order valence-corrected chi connectivity index (χ3v) is 4.71. The van der Waals surface area contributed by atoms with Gasteiger partial charge in [0.05, 0.1) is 17.2 Å². The molecular formula is C18H17FN2O2S. The minimum absolute atomic E-state index is 0.197. The number of nitrogens with one attached hydrogen (secondary N) is 1. The van der Waals surface area contributed by atoms with Gasteiger partial charge >= 0.3 is 0 Å². The summed E-state index contributed by atoms with van der Waals surface area (Å²) in [5.74, 6) is -0.879. The van der Waals surface area contributed by atoms with Crippen LogP contribution in [-0.4, -0.2) is 22.0 Å². The van der Waals surface area contributed by atoms with Gasteiger partial charge in [0.25, 0.3) is 5.91 Å². The first-order valence-corrected chi connectivity index (χ1v) is 8.49. The monoisotopic (exact) mass is 344 g/mol. The summed E-state index contributed by atoms with van der Waals surface area (Å²) < 4.78 is 13.7. The van der Waals surface area contributed by atoms with Crippen LogP contribution in [0.2, 0.25) is 0 Å². The van der Waals surface area contributed by atoms with E-state index in [2.05, 4.69) is 10.3 Å². The molecule has 3 aromatic rings. The van der Waals surface area contributed by atoms with Crippen molar-refractivity contribution in [3.05, 3.63) is 64.2 Å². The summed E-state index contributed by atoms with van der Waals surface area (Å²) in [4.78, 5) is 17.5. The molecule has 1 aromatic carbocycles. The molecule has 0 aliphatic rings. The first-order chi connectivity index (χ1) is 11.5. The Hall–Kier alpha value is -2.31. The molecule has 0 aliphatic carbocycles. The molecule has 24 heavy (non-hydrogen) atoms. The highest BCUT2D eigenvalue weighted by Crippen LogP contribution is 2.23. The van der Waals surface area contributed by atoms with Gasteiger partial charge in [-0.1, -0.05) is 12.1 Å². The van der Waals surface area contributed by atoms with E-state index >= 15 is 0 Å².